The van der Waals surface area contributed by atoms with Gasteiger partial charge in [-0.3, -0.25) is 14.2 Å². The number of hydrogen-bond donors (Lipinski definition) is 2. The number of carbonyl (C=O) groups is 2. The van der Waals surface area contributed by atoms with Crippen molar-refractivity contribution in [3.63, 3.8) is 0 Å². The van der Waals surface area contributed by atoms with Gasteiger partial charge >= 0.3 is 17.8 Å². The molecule has 29 heavy (non-hydrogen) atoms. The van der Waals surface area contributed by atoms with Gasteiger partial charge in [0.05, 0.1) is 29.8 Å². The van der Waals surface area contributed by atoms with Crippen LogP contribution in [0.4, 0.5) is 13.2 Å². The molecule has 1 aromatic carbocycles. The number of carboxylic acids is 1. The third kappa shape index (κ3) is 2.97. The molecule has 11 heteroatoms. The van der Waals surface area contributed by atoms with Crippen molar-refractivity contribution in [2.24, 2.45) is 0 Å². The van der Waals surface area contributed by atoms with E-state index in [4.69, 9.17) is 5.11 Å². The van der Waals surface area contributed by atoms with Gasteiger partial charge in [0.15, 0.2) is 0 Å². The van der Waals surface area contributed by atoms with E-state index in [1.807, 2.05) is 0 Å². The van der Waals surface area contributed by atoms with Gasteiger partial charge < -0.3 is 15.1 Å². The summed E-state index contributed by atoms with van der Waals surface area (Å²) < 4.78 is 41.1. The number of imidazole rings is 1. The third-order valence-corrected chi connectivity index (χ3v) is 5.36. The van der Waals surface area contributed by atoms with Gasteiger partial charge in [0.25, 0.3) is 0 Å². The van der Waals surface area contributed by atoms with Crippen LogP contribution in [0.3, 0.4) is 0 Å². The second kappa shape index (κ2) is 6.39. The highest BCUT2D eigenvalue weighted by atomic mass is 19.4. The molecule has 1 aromatic heterocycles. The molecular formula is C18H16F3N3O5. The van der Waals surface area contributed by atoms with Gasteiger partial charge in [-0.25, -0.2) is 9.36 Å². The van der Waals surface area contributed by atoms with Crippen LogP contribution < -0.4 is 5.69 Å². The average Bonchev–Trinajstić information content (AvgIpc) is 3.30. The van der Waals surface area contributed by atoms with Gasteiger partial charge in [-0.05, 0) is 24.6 Å². The van der Waals surface area contributed by atoms with Crippen LogP contribution >= 0.6 is 0 Å². The first kappa shape index (κ1) is 19.1. The summed E-state index contributed by atoms with van der Waals surface area (Å²) in [6, 6.07) is 3.01. The molecule has 0 spiro atoms. The summed E-state index contributed by atoms with van der Waals surface area (Å²) in [6.07, 6.45) is -4.76. The number of carboxylic acid groups (broad SMARTS) is 1. The van der Waals surface area contributed by atoms with E-state index in [9.17, 15) is 32.7 Å². The van der Waals surface area contributed by atoms with Crippen molar-refractivity contribution in [2.75, 3.05) is 6.54 Å². The molecular weight excluding hydrogens is 395 g/mol. The van der Waals surface area contributed by atoms with Crippen LogP contribution in [0.15, 0.2) is 29.1 Å². The highest BCUT2D eigenvalue weighted by molar-refractivity contribution is 5.81. The quantitative estimate of drug-likeness (QED) is 0.802. The molecule has 2 bridgehead atoms. The number of aromatic nitrogens is 2. The molecule has 2 N–H and O–H groups in total. The Bertz CT molecular complexity index is 1070. The summed E-state index contributed by atoms with van der Waals surface area (Å²) in [7, 11) is 0. The standard InChI is InChI=1S/C18H16F3N3O5/c19-18(20,21)9-2-1-3-10(6-9)24-16(28)15-12-7-11(23(15)17(24)29)8-22(12)13(25)4-5-14(26)27/h1-3,6,11-12,28H,4-5,7-8H2,(H,26,27)/t11-,12-/m0/s1. The lowest BCUT2D eigenvalue weighted by Crippen LogP contribution is -2.37. The Labute approximate surface area is 161 Å². The van der Waals surface area contributed by atoms with Crippen LogP contribution in [0.25, 0.3) is 5.69 Å². The largest absolute Gasteiger partial charge is 0.493 e. The van der Waals surface area contributed by atoms with Gasteiger partial charge in [0.2, 0.25) is 11.8 Å². The summed E-state index contributed by atoms with van der Waals surface area (Å²) in [4.78, 5) is 37.3. The lowest BCUT2D eigenvalue weighted by atomic mass is 10.1. The van der Waals surface area contributed by atoms with Crippen LogP contribution in [-0.4, -0.2) is 42.7 Å². The topological polar surface area (TPSA) is 105 Å². The summed E-state index contributed by atoms with van der Waals surface area (Å²) in [5.74, 6) is -2.04. The first-order valence-electron chi connectivity index (χ1n) is 8.84. The van der Waals surface area contributed by atoms with Crippen molar-refractivity contribution >= 4 is 11.9 Å². The van der Waals surface area contributed by atoms with Crippen molar-refractivity contribution in [2.45, 2.75) is 37.5 Å². The van der Waals surface area contributed by atoms with E-state index < -0.39 is 47.3 Å². The molecule has 0 saturated carbocycles. The van der Waals surface area contributed by atoms with Crippen LogP contribution in [0.1, 0.15) is 42.6 Å². The maximum Gasteiger partial charge on any atom is 0.416 e. The van der Waals surface area contributed by atoms with E-state index in [1.54, 1.807) is 0 Å². The van der Waals surface area contributed by atoms with E-state index in [1.165, 1.54) is 15.5 Å². The maximum absolute atomic E-state index is 13.0. The lowest BCUT2D eigenvalue weighted by Gasteiger charge is -2.27. The molecule has 0 aliphatic carbocycles. The Morgan fingerprint density at radius 3 is 2.59 bits per heavy atom. The van der Waals surface area contributed by atoms with E-state index in [-0.39, 0.29) is 30.8 Å². The van der Waals surface area contributed by atoms with Crippen LogP contribution in [0.5, 0.6) is 5.88 Å². The van der Waals surface area contributed by atoms with Crippen LogP contribution in [-0.2, 0) is 15.8 Å². The van der Waals surface area contributed by atoms with Crippen LogP contribution in [0, 0.1) is 0 Å². The second-order valence-corrected chi connectivity index (χ2v) is 7.09. The van der Waals surface area contributed by atoms with Crippen molar-refractivity contribution in [3.8, 4) is 11.6 Å². The van der Waals surface area contributed by atoms with E-state index in [0.29, 0.717) is 6.42 Å². The molecule has 1 amide bonds. The molecule has 1 fully saturated rings. The summed E-state index contributed by atoms with van der Waals surface area (Å²) in [5.41, 5.74) is -1.61. The van der Waals surface area contributed by atoms with Crippen molar-refractivity contribution in [1.82, 2.24) is 14.0 Å². The molecule has 154 valence electrons. The number of aliphatic carboxylic acids is 1. The van der Waals surface area contributed by atoms with E-state index >= 15 is 0 Å². The van der Waals surface area contributed by atoms with Gasteiger partial charge in [0.1, 0.15) is 5.69 Å². The zero-order valence-electron chi connectivity index (χ0n) is 14.9. The number of benzene rings is 1. The minimum atomic E-state index is -4.61. The highest BCUT2D eigenvalue weighted by Crippen LogP contribution is 2.48. The summed E-state index contributed by atoms with van der Waals surface area (Å²) in [6.45, 7) is 0.183. The van der Waals surface area contributed by atoms with Crippen molar-refractivity contribution in [3.05, 3.63) is 46.0 Å². The highest BCUT2D eigenvalue weighted by Gasteiger charge is 2.49. The predicted octanol–water partition coefficient (Wildman–Crippen LogP) is 2.06. The SMILES string of the molecule is O=C(O)CCC(=O)N1C[C@@H]2C[C@H]1c1c(O)n(-c3cccc(C(F)(F)F)c3)c(=O)n12. The zero-order chi connectivity index (χ0) is 21.1. The molecule has 1 saturated heterocycles. The number of carbonyl (C=O) groups excluding carboxylic acids is 1. The molecule has 8 nitrogen and oxygen atoms in total. The lowest BCUT2D eigenvalue weighted by molar-refractivity contribution is -0.141. The van der Waals surface area contributed by atoms with Gasteiger partial charge in [-0.2, -0.15) is 13.2 Å². The Morgan fingerprint density at radius 1 is 1.21 bits per heavy atom. The van der Waals surface area contributed by atoms with Gasteiger partial charge in [0, 0.05) is 13.0 Å². The normalized spacial score (nSPS) is 20.2. The second-order valence-electron chi connectivity index (χ2n) is 7.09. The maximum atomic E-state index is 13.0. The Kier molecular flexibility index (Phi) is 4.21. The number of amides is 1. The Balaban J connectivity index is 1.72. The molecule has 2 aliphatic rings. The number of nitrogens with zero attached hydrogens (tertiary/aromatic N) is 3. The smallest absolute Gasteiger partial charge is 0.416 e. The molecule has 4 rings (SSSR count). The van der Waals surface area contributed by atoms with Gasteiger partial charge in [-0.15, -0.1) is 0 Å². The number of halogens is 3. The van der Waals surface area contributed by atoms with E-state index in [2.05, 4.69) is 0 Å². The molecule has 3 heterocycles. The average molecular weight is 411 g/mol. The summed E-state index contributed by atoms with van der Waals surface area (Å²) >= 11 is 0. The number of alkyl halides is 3. The van der Waals surface area contributed by atoms with Crippen LogP contribution in [0.2, 0.25) is 0 Å². The Morgan fingerprint density at radius 2 is 1.93 bits per heavy atom. The number of fused-ring (bicyclic) bond motifs is 5. The predicted molar refractivity (Wildman–Crippen MR) is 91.7 cm³/mol. The molecule has 2 aliphatic heterocycles. The molecule has 2 atom stereocenters. The molecule has 0 unspecified atom stereocenters. The number of rotatable bonds is 4. The van der Waals surface area contributed by atoms with Gasteiger partial charge in [-0.1, -0.05) is 6.07 Å². The van der Waals surface area contributed by atoms with E-state index in [0.717, 1.165) is 22.8 Å². The third-order valence-electron chi connectivity index (χ3n) is 5.36. The van der Waals surface area contributed by atoms with Crippen molar-refractivity contribution in [1.29, 1.82) is 0 Å². The fourth-order valence-corrected chi connectivity index (χ4v) is 4.13. The number of likely N-dealkylation sites (tertiary alicyclic amines) is 1. The first-order chi connectivity index (χ1) is 13.6. The fourth-order valence-electron chi connectivity index (χ4n) is 4.13. The first-order valence-corrected chi connectivity index (χ1v) is 8.84. The monoisotopic (exact) mass is 411 g/mol. The fraction of sp³-hybridized carbons (Fsp3) is 0.389. The Hall–Kier alpha value is -3.24. The number of hydrogen-bond acceptors (Lipinski definition) is 4. The summed E-state index contributed by atoms with van der Waals surface area (Å²) in [5, 5.41) is 19.4. The molecule has 0 radical (unpaired) electrons. The zero-order valence-corrected chi connectivity index (χ0v) is 14.9. The number of aromatic hydroxyl groups is 1. The minimum absolute atomic E-state index is 0.132. The molecule has 2 aromatic rings. The minimum Gasteiger partial charge on any atom is -0.493 e. The van der Waals surface area contributed by atoms with Crippen molar-refractivity contribution < 1.29 is 33.0 Å².